The van der Waals surface area contributed by atoms with E-state index >= 15 is 0 Å². The number of aromatic hydroxyl groups is 1. The third kappa shape index (κ3) is 2.26. The minimum absolute atomic E-state index is 0.0204. The van der Waals surface area contributed by atoms with E-state index in [0.29, 0.717) is 33.9 Å². The quantitative estimate of drug-likeness (QED) is 0.882. The first kappa shape index (κ1) is 14.0. The van der Waals surface area contributed by atoms with Gasteiger partial charge in [0.25, 0.3) is 0 Å². The van der Waals surface area contributed by atoms with Gasteiger partial charge in [0.15, 0.2) is 11.5 Å². The van der Waals surface area contributed by atoms with Crippen molar-refractivity contribution >= 4 is 17.8 Å². The highest BCUT2D eigenvalue weighted by molar-refractivity contribution is 6.07. The number of esters is 1. The van der Waals surface area contributed by atoms with E-state index in [2.05, 4.69) is 0 Å². The first-order valence-electron chi connectivity index (χ1n) is 6.62. The third-order valence-corrected chi connectivity index (χ3v) is 3.42. The number of rotatable bonds is 3. The Hall–Kier alpha value is -2.95. The Kier molecular flexibility index (Phi) is 3.47. The summed E-state index contributed by atoms with van der Waals surface area (Å²) >= 11 is 0. The molecule has 0 saturated carbocycles. The Morgan fingerprint density at radius 3 is 2.55 bits per heavy atom. The highest BCUT2D eigenvalue weighted by Crippen LogP contribution is 2.37. The third-order valence-electron chi connectivity index (χ3n) is 3.42. The summed E-state index contributed by atoms with van der Waals surface area (Å²) in [6.45, 7) is 0. The lowest BCUT2D eigenvalue weighted by atomic mass is 10.1. The number of ether oxygens (including phenoxy) is 3. The fourth-order valence-corrected chi connectivity index (χ4v) is 2.38. The van der Waals surface area contributed by atoms with Crippen LogP contribution in [0, 0.1) is 0 Å². The molecule has 0 radical (unpaired) electrons. The second-order valence-electron chi connectivity index (χ2n) is 4.71. The van der Waals surface area contributed by atoms with Crippen LogP contribution in [0.15, 0.2) is 36.4 Å². The Bertz CT molecular complexity index is 777. The van der Waals surface area contributed by atoms with Crippen molar-refractivity contribution in [3.63, 3.8) is 0 Å². The van der Waals surface area contributed by atoms with Crippen molar-refractivity contribution in [1.29, 1.82) is 0 Å². The average Bonchev–Trinajstić information content (AvgIpc) is 2.84. The van der Waals surface area contributed by atoms with Crippen LogP contribution in [0.25, 0.3) is 11.8 Å². The van der Waals surface area contributed by atoms with Crippen molar-refractivity contribution in [2.24, 2.45) is 0 Å². The van der Waals surface area contributed by atoms with Gasteiger partial charge in [-0.25, -0.2) is 4.79 Å². The van der Waals surface area contributed by atoms with Crippen molar-refractivity contribution < 1.29 is 24.1 Å². The number of benzene rings is 2. The predicted molar refractivity (Wildman–Crippen MR) is 80.9 cm³/mol. The Morgan fingerprint density at radius 1 is 1.09 bits per heavy atom. The number of hydrogen-bond acceptors (Lipinski definition) is 5. The van der Waals surface area contributed by atoms with Crippen LogP contribution in [-0.4, -0.2) is 25.3 Å². The number of hydrogen-bond donors (Lipinski definition) is 1. The summed E-state index contributed by atoms with van der Waals surface area (Å²) in [5, 5.41) is 9.81. The lowest BCUT2D eigenvalue weighted by molar-refractivity contribution is 0.0714. The molecular formula is C17H14O5. The maximum Gasteiger partial charge on any atom is 0.348 e. The van der Waals surface area contributed by atoms with Gasteiger partial charge in [-0.15, -0.1) is 0 Å². The van der Waals surface area contributed by atoms with Crippen LogP contribution >= 0.6 is 0 Å². The van der Waals surface area contributed by atoms with Crippen molar-refractivity contribution in [1.82, 2.24) is 0 Å². The first-order chi connectivity index (χ1) is 10.6. The monoisotopic (exact) mass is 298 g/mol. The normalized spacial score (nSPS) is 14.6. The second kappa shape index (κ2) is 5.44. The molecule has 1 aliphatic heterocycles. The first-order valence-corrected chi connectivity index (χ1v) is 6.62. The SMILES string of the molecule is COc1ccc(/C=C2/OC(=O)c3c(OC)cccc32)cc1O. The van der Waals surface area contributed by atoms with E-state index in [1.54, 1.807) is 36.4 Å². The van der Waals surface area contributed by atoms with Crippen LogP contribution in [-0.2, 0) is 4.74 Å². The molecule has 0 aromatic heterocycles. The van der Waals surface area contributed by atoms with E-state index in [-0.39, 0.29) is 5.75 Å². The van der Waals surface area contributed by atoms with Gasteiger partial charge in [-0.2, -0.15) is 0 Å². The highest BCUT2D eigenvalue weighted by Gasteiger charge is 2.29. The maximum atomic E-state index is 12.0. The van der Waals surface area contributed by atoms with E-state index in [1.165, 1.54) is 20.3 Å². The largest absolute Gasteiger partial charge is 0.504 e. The summed E-state index contributed by atoms with van der Waals surface area (Å²) in [5.41, 5.74) is 1.77. The van der Waals surface area contributed by atoms with Crippen molar-refractivity contribution in [2.75, 3.05) is 14.2 Å². The van der Waals surface area contributed by atoms with Crippen molar-refractivity contribution in [2.45, 2.75) is 0 Å². The molecule has 1 N–H and O–H groups in total. The fraction of sp³-hybridized carbons (Fsp3) is 0.118. The zero-order valence-electron chi connectivity index (χ0n) is 12.1. The Morgan fingerprint density at radius 2 is 1.86 bits per heavy atom. The number of cyclic esters (lactones) is 1. The summed E-state index contributed by atoms with van der Waals surface area (Å²) in [4.78, 5) is 12.0. The smallest absolute Gasteiger partial charge is 0.348 e. The predicted octanol–water partition coefficient (Wildman–Crippen LogP) is 3.08. The van der Waals surface area contributed by atoms with Crippen LogP contribution in [0.2, 0.25) is 0 Å². The molecule has 0 saturated heterocycles. The Balaban J connectivity index is 2.05. The van der Waals surface area contributed by atoms with Gasteiger partial charge in [0.2, 0.25) is 0 Å². The minimum atomic E-state index is -0.448. The van der Waals surface area contributed by atoms with Gasteiger partial charge in [0.1, 0.15) is 17.1 Å². The standard InChI is InChI=1S/C17H14O5/c1-20-13-7-6-10(8-12(13)18)9-15-11-4-3-5-14(21-2)16(11)17(19)22-15/h3-9,18H,1-2H3/b15-9+. The number of carbonyl (C=O) groups is 1. The molecule has 5 heteroatoms. The molecule has 112 valence electrons. The van der Waals surface area contributed by atoms with Crippen LogP contribution < -0.4 is 9.47 Å². The Labute approximate surface area is 127 Å². The van der Waals surface area contributed by atoms with Gasteiger partial charge in [0.05, 0.1) is 14.2 Å². The minimum Gasteiger partial charge on any atom is -0.504 e. The van der Waals surface area contributed by atoms with Crippen molar-refractivity contribution in [3.05, 3.63) is 53.1 Å². The molecule has 1 aliphatic rings. The molecule has 3 rings (SSSR count). The van der Waals surface area contributed by atoms with Crippen LogP contribution in [0.4, 0.5) is 0 Å². The van der Waals surface area contributed by atoms with Crippen molar-refractivity contribution in [3.8, 4) is 17.2 Å². The van der Waals surface area contributed by atoms with Gasteiger partial charge in [-0.05, 0) is 29.8 Å². The fourth-order valence-electron chi connectivity index (χ4n) is 2.38. The molecule has 22 heavy (non-hydrogen) atoms. The molecule has 5 nitrogen and oxygen atoms in total. The lowest BCUT2D eigenvalue weighted by Gasteiger charge is -2.05. The zero-order valence-corrected chi connectivity index (χ0v) is 12.1. The molecule has 0 bridgehead atoms. The van der Waals surface area contributed by atoms with Crippen LogP contribution in [0.5, 0.6) is 17.2 Å². The highest BCUT2D eigenvalue weighted by atomic mass is 16.5. The van der Waals surface area contributed by atoms with E-state index in [1.807, 2.05) is 0 Å². The van der Waals surface area contributed by atoms with Gasteiger partial charge in [0, 0.05) is 5.56 Å². The van der Waals surface area contributed by atoms with Crippen LogP contribution in [0.3, 0.4) is 0 Å². The summed E-state index contributed by atoms with van der Waals surface area (Å²) in [6, 6.07) is 10.2. The van der Waals surface area contributed by atoms with Gasteiger partial charge in [-0.3, -0.25) is 0 Å². The topological polar surface area (TPSA) is 65.0 Å². The molecular weight excluding hydrogens is 284 g/mol. The average molecular weight is 298 g/mol. The molecule has 0 unspecified atom stereocenters. The van der Waals surface area contributed by atoms with E-state index in [0.717, 1.165) is 0 Å². The number of phenols is 1. The molecule has 2 aromatic rings. The summed E-state index contributed by atoms with van der Waals surface area (Å²) < 4.78 is 15.5. The van der Waals surface area contributed by atoms with E-state index in [9.17, 15) is 9.90 Å². The maximum absolute atomic E-state index is 12.0. The number of fused-ring (bicyclic) bond motifs is 1. The molecule has 1 heterocycles. The van der Waals surface area contributed by atoms with E-state index < -0.39 is 5.97 Å². The summed E-state index contributed by atoms with van der Waals surface area (Å²) in [7, 11) is 2.99. The molecule has 0 fully saturated rings. The summed E-state index contributed by atoms with van der Waals surface area (Å²) in [5.74, 6) is 0.850. The number of methoxy groups -OCH3 is 2. The molecule has 0 aliphatic carbocycles. The van der Waals surface area contributed by atoms with Gasteiger partial charge < -0.3 is 19.3 Å². The zero-order chi connectivity index (χ0) is 15.7. The number of phenolic OH excluding ortho intramolecular Hbond substituents is 1. The second-order valence-corrected chi connectivity index (χ2v) is 4.71. The molecule has 0 spiro atoms. The van der Waals surface area contributed by atoms with Crippen LogP contribution in [0.1, 0.15) is 21.5 Å². The molecule has 2 aromatic carbocycles. The van der Waals surface area contributed by atoms with Gasteiger partial charge >= 0.3 is 5.97 Å². The number of carbonyl (C=O) groups excluding carboxylic acids is 1. The summed E-state index contributed by atoms with van der Waals surface area (Å²) in [6.07, 6.45) is 1.68. The van der Waals surface area contributed by atoms with Gasteiger partial charge in [-0.1, -0.05) is 18.2 Å². The molecule has 0 amide bonds. The molecule has 0 atom stereocenters. The van der Waals surface area contributed by atoms with E-state index in [4.69, 9.17) is 14.2 Å². The lowest BCUT2D eigenvalue weighted by Crippen LogP contribution is -1.97.